The Bertz CT molecular complexity index is 311. The Morgan fingerprint density at radius 2 is 2.20 bits per heavy atom. The molecule has 1 rings (SSSR count). The molecule has 0 saturated heterocycles. The monoisotopic (exact) mass is 225 g/mol. The van der Waals surface area contributed by atoms with Crippen molar-refractivity contribution < 1.29 is 22.4 Å². The lowest BCUT2D eigenvalue weighted by Crippen LogP contribution is -2.17. The van der Waals surface area contributed by atoms with Gasteiger partial charge in [0.25, 0.3) is 0 Å². The molecule has 0 aliphatic carbocycles. The number of rotatable bonds is 4. The molecule has 1 aromatic rings. The van der Waals surface area contributed by atoms with Crippen LogP contribution in [0.3, 0.4) is 0 Å². The fourth-order valence-electron chi connectivity index (χ4n) is 0.769. The molecule has 8 heteroatoms. The van der Waals surface area contributed by atoms with Crippen LogP contribution in [0.25, 0.3) is 0 Å². The van der Waals surface area contributed by atoms with Gasteiger partial charge in [-0.1, -0.05) is 5.16 Å². The molecule has 15 heavy (non-hydrogen) atoms. The minimum Gasteiger partial charge on any atom is -0.364 e. The molecule has 0 aromatic carbocycles. The molecule has 0 fully saturated rings. The van der Waals surface area contributed by atoms with E-state index in [1.807, 2.05) is 0 Å². The Balaban J connectivity index is 2.38. The molecule has 1 atom stereocenters. The van der Waals surface area contributed by atoms with E-state index in [9.17, 15) is 13.2 Å². The molecular weight excluding hydrogens is 215 g/mol. The molecular formula is C7H10F3N3O2. The standard InChI is InChI=1S/C7H10F3N3O2/c1-4(11)6-12-5(13-15-6)2-14-3-7(8,9)10/h4H,2-3,11H2,1H3/t4-/m1/s1. The third kappa shape index (κ3) is 4.26. The Hall–Kier alpha value is -1.15. The Labute approximate surface area is 83.4 Å². The van der Waals surface area contributed by atoms with E-state index in [1.54, 1.807) is 6.92 Å². The molecule has 0 bridgehead atoms. The number of aromatic nitrogens is 2. The maximum atomic E-state index is 11.7. The average molecular weight is 225 g/mol. The smallest absolute Gasteiger partial charge is 0.364 e. The van der Waals surface area contributed by atoms with E-state index in [1.165, 1.54) is 0 Å². The molecule has 0 saturated carbocycles. The van der Waals surface area contributed by atoms with Crippen LogP contribution in [0.5, 0.6) is 0 Å². The van der Waals surface area contributed by atoms with Gasteiger partial charge in [0.2, 0.25) is 5.89 Å². The summed E-state index contributed by atoms with van der Waals surface area (Å²) in [6.45, 7) is -0.0708. The fourth-order valence-corrected chi connectivity index (χ4v) is 0.769. The van der Waals surface area contributed by atoms with Gasteiger partial charge in [-0.05, 0) is 6.92 Å². The minimum absolute atomic E-state index is 0.0477. The zero-order chi connectivity index (χ0) is 11.5. The Morgan fingerprint density at radius 1 is 1.53 bits per heavy atom. The van der Waals surface area contributed by atoms with E-state index in [2.05, 4.69) is 19.4 Å². The third-order valence-electron chi connectivity index (χ3n) is 1.37. The molecule has 1 aromatic heterocycles. The highest BCUT2D eigenvalue weighted by Gasteiger charge is 2.27. The number of nitrogens with two attached hydrogens (primary N) is 1. The van der Waals surface area contributed by atoms with Crippen LogP contribution in [0.4, 0.5) is 13.2 Å². The van der Waals surface area contributed by atoms with Gasteiger partial charge in [0.15, 0.2) is 5.82 Å². The second-order valence-electron chi connectivity index (χ2n) is 2.95. The van der Waals surface area contributed by atoms with Crippen molar-refractivity contribution in [2.75, 3.05) is 6.61 Å². The predicted molar refractivity (Wildman–Crippen MR) is 42.6 cm³/mol. The topological polar surface area (TPSA) is 74.2 Å². The maximum absolute atomic E-state index is 11.7. The Kier molecular flexibility index (Phi) is 3.64. The third-order valence-corrected chi connectivity index (χ3v) is 1.37. The molecule has 0 radical (unpaired) electrons. The van der Waals surface area contributed by atoms with Crippen LogP contribution in [0.15, 0.2) is 4.52 Å². The lowest BCUT2D eigenvalue weighted by molar-refractivity contribution is -0.177. The van der Waals surface area contributed by atoms with Crippen molar-refractivity contribution in [3.63, 3.8) is 0 Å². The first kappa shape index (κ1) is 11.9. The van der Waals surface area contributed by atoms with E-state index in [-0.39, 0.29) is 18.3 Å². The summed E-state index contributed by atoms with van der Waals surface area (Å²) in [6.07, 6.45) is -4.35. The molecule has 0 aliphatic rings. The van der Waals surface area contributed by atoms with Crippen LogP contribution in [-0.4, -0.2) is 22.9 Å². The highest BCUT2D eigenvalue weighted by Crippen LogP contribution is 2.15. The van der Waals surface area contributed by atoms with Crippen molar-refractivity contribution >= 4 is 0 Å². The summed E-state index contributed by atoms with van der Waals surface area (Å²) in [4.78, 5) is 3.73. The van der Waals surface area contributed by atoms with Gasteiger partial charge < -0.3 is 15.0 Å². The van der Waals surface area contributed by atoms with Gasteiger partial charge in [-0.3, -0.25) is 0 Å². The number of alkyl halides is 3. The van der Waals surface area contributed by atoms with Crippen LogP contribution >= 0.6 is 0 Å². The molecule has 2 N–H and O–H groups in total. The first-order chi connectivity index (χ1) is 6.88. The van der Waals surface area contributed by atoms with Crippen LogP contribution in [0.2, 0.25) is 0 Å². The predicted octanol–water partition coefficient (Wildman–Crippen LogP) is 1.17. The lowest BCUT2D eigenvalue weighted by atomic mass is 10.4. The summed E-state index contributed by atoms with van der Waals surface area (Å²) in [5.41, 5.74) is 5.41. The summed E-state index contributed by atoms with van der Waals surface area (Å²) in [6, 6.07) is -0.450. The van der Waals surface area contributed by atoms with E-state index >= 15 is 0 Å². The van der Waals surface area contributed by atoms with E-state index in [0.29, 0.717) is 0 Å². The summed E-state index contributed by atoms with van der Waals surface area (Å²) in [5.74, 6) is 0.215. The Morgan fingerprint density at radius 3 is 2.67 bits per heavy atom. The minimum atomic E-state index is -4.35. The van der Waals surface area contributed by atoms with Crippen LogP contribution in [0, 0.1) is 0 Å². The van der Waals surface area contributed by atoms with Gasteiger partial charge in [-0.2, -0.15) is 18.2 Å². The second kappa shape index (κ2) is 4.58. The number of ether oxygens (including phenoxy) is 1. The molecule has 0 aliphatic heterocycles. The highest BCUT2D eigenvalue weighted by molar-refractivity contribution is 4.88. The van der Waals surface area contributed by atoms with Gasteiger partial charge in [0.1, 0.15) is 13.2 Å². The first-order valence-electron chi connectivity index (χ1n) is 4.11. The zero-order valence-electron chi connectivity index (χ0n) is 7.91. The van der Waals surface area contributed by atoms with Gasteiger partial charge in [-0.25, -0.2) is 0 Å². The highest BCUT2D eigenvalue weighted by atomic mass is 19.4. The van der Waals surface area contributed by atoms with Crippen molar-refractivity contribution in [3.05, 3.63) is 11.7 Å². The van der Waals surface area contributed by atoms with E-state index in [4.69, 9.17) is 5.73 Å². The van der Waals surface area contributed by atoms with Crippen molar-refractivity contribution in [3.8, 4) is 0 Å². The van der Waals surface area contributed by atoms with E-state index < -0.39 is 18.8 Å². The molecule has 0 unspecified atom stereocenters. The molecule has 1 heterocycles. The SMILES string of the molecule is C[C@@H](N)c1nc(COCC(F)(F)F)no1. The van der Waals surface area contributed by atoms with Crippen molar-refractivity contribution in [1.29, 1.82) is 0 Å². The number of nitrogens with zero attached hydrogens (tertiary/aromatic N) is 2. The number of hydrogen-bond donors (Lipinski definition) is 1. The van der Waals surface area contributed by atoms with E-state index in [0.717, 1.165) is 0 Å². The van der Waals surface area contributed by atoms with Crippen molar-refractivity contribution in [2.24, 2.45) is 5.73 Å². The summed E-state index contributed by atoms with van der Waals surface area (Å²) < 4.78 is 44.0. The van der Waals surface area contributed by atoms with Crippen LogP contribution < -0.4 is 5.73 Å². The van der Waals surface area contributed by atoms with Gasteiger partial charge in [-0.15, -0.1) is 0 Å². The zero-order valence-corrected chi connectivity index (χ0v) is 7.91. The van der Waals surface area contributed by atoms with Crippen molar-refractivity contribution in [1.82, 2.24) is 10.1 Å². The summed E-state index contributed by atoms with van der Waals surface area (Å²) in [5, 5.41) is 3.40. The van der Waals surface area contributed by atoms with Crippen LogP contribution in [0.1, 0.15) is 24.7 Å². The summed E-state index contributed by atoms with van der Waals surface area (Å²) in [7, 11) is 0. The molecule has 0 spiro atoms. The quantitative estimate of drug-likeness (QED) is 0.832. The molecule has 5 nitrogen and oxygen atoms in total. The molecule has 86 valence electrons. The molecule has 0 amide bonds. The van der Waals surface area contributed by atoms with Gasteiger partial charge in [0.05, 0.1) is 6.04 Å². The van der Waals surface area contributed by atoms with Crippen molar-refractivity contribution in [2.45, 2.75) is 25.7 Å². The summed E-state index contributed by atoms with van der Waals surface area (Å²) >= 11 is 0. The maximum Gasteiger partial charge on any atom is 0.411 e. The van der Waals surface area contributed by atoms with Crippen LogP contribution in [-0.2, 0) is 11.3 Å². The second-order valence-corrected chi connectivity index (χ2v) is 2.95. The fraction of sp³-hybridized carbons (Fsp3) is 0.714. The average Bonchev–Trinajstić information content (AvgIpc) is 2.50. The normalized spacial score (nSPS) is 14.2. The van der Waals surface area contributed by atoms with Gasteiger partial charge in [0, 0.05) is 0 Å². The first-order valence-corrected chi connectivity index (χ1v) is 4.11. The number of hydrogen-bond acceptors (Lipinski definition) is 5. The lowest BCUT2D eigenvalue weighted by Gasteiger charge is -2.04. The number of halogens is 3. The van der Waals surface area contributed by atoms with Gasteiger partial charge >= 0.3 is 6.18 Å². The largest absolute Gasteiger partial charge is 0.411 e.